The molecule has 28 heavy (non-hydrogen) atoms. The fourth-order valence-electron chi connectivity index (χ4n) is 3.07. The Morgan fingerprint density at radius 2 is 1.11 bits per heavy atom. The number of hydrogen-bond acceptors (Lipinski definition) is 3. The number of unbranched alkanes of at least 4 members (excludes halogenated alkanes) is 14. The SMILES string of the molecule is CC(C)OCCCN.CCCCCCCCCCCCCCCCCC(N)=O. The van der Waals surface area contributed by atoms with Crippen LogP contribution >= 0.6 is 0 Å². The van der Waals surface area contributed by atoms with Crippen molar-refractivity contribution in [1.82, 2.24) is 0 Å². The lowest BCUT2D eigenvalue weighted by atomic mass is 10.0. The molecule has 0 saturated heterocycles. The Hall–Kier alpha value is -0.610. The van der Waals surface area contributed by atoms with Crippen molar-refractivity contribution in [3.8, 4) is 0 Å². The van der Waals surface area contributed by atoms with E-state index >= 15 is 0 Å². The lowest BCUT2D eigenvalue weighted by Gasteiger charge is -2.04. The van der Waals surface area contributed by atoms with Gasteiger partial charge in [-0.1, -0.05) is 96.8 Å². The van der Waals surface area contributed by atoms with Crippen molar-refractivity contribution in [3.05, 3.63) is 0 Å². The van der Waals surface area contributed by atoms with Gasteiger partial charge in [-0.3, -0.25) is 4.79 Å². The highest BCUT2D eigenvalue weighted by Crippen LogP contribution is 2.13. The number of hydrogen-bond donors (Lipinski definition) is 2. The van der Waals surface area contributed by atoms with Gasteiger partial charge in [0.25, 0.3) is 0 Å². The molecule has 0 radical (unpaired) electrons. The van der Waals surface area contributed by atoms with E-state index in [4.69, 9.17) is 16.2 Å². The summed E-state index contributed by atoms with van der Waals surface area (Å²) in [6, 6.07) is 0. The van der Waals surface area contributed by atoms with Gasteiger partial charge in [0.05, 0.1) is 6.10 Å². The zero-order valence-electron chi connectivity index (χ0n) is 19.5. The van der Waals surface area contributed by atoms with Gasteiger partial charge in [0, 0.05) is 13.0 Å². The maximum atomic E-state index is 10.6. The summed E-state index contributed by atoms with van der Waals surface area (Å²) in [5.41, 5.74) is 10.3. The van der Waals surface area contributed by atoms with E-state index < -0.39 is 0 Å². The molecule has 0 spiro atoms. The second kappa shape index (κ2) is 26.4. The summed E-state index contributed by atoms with van der Waals surface area (Å²) in [4.78, 5) is 10.6. The molecule has 1 amide bonds. The van der Waals surface area contributed by atoms with Gasteiger partial charge in [0.2, 0.25) is 5.91 Å². The minimum atomic E-state index is -0.153. The quantitative estimate of drug-likeness (QED) is 0.229. The van der Waals surface area contributed by atoms with Gasteiger partial charge in [-0.25, -0.2) is 0 Å². The van der Waals surface area contributed by atoms with E-state index in [1.165, 1.54) is 89.9 Å². The molecule has 0 bridgehead atoms. The van der Waals surface area contributed by atoms with Crippen LogP contribution in [0.5, 0.6) is 0 Å². The van der Waals surface area contributed by atoms with E-state index in [2.05, 4.69) is 6.92 Å². The Morgan fingerprint density at radius 3 is 1.43 bits per heavy atom. The van der Waals surface area contributed by atoms with E-state index in [0.717, 1.165) is 26.0 Å². The van der Waals surface area contributed by atoms with Gasteiger partial charge in [-0.2, -0.15) is 0 Å². The van der Waals surface area contributed by atoms with E-state index in [0.29, 0.717) is 12.5 Å². The number of primary amides is 1. The second-order valence-corrected chi connectivity index (χ2v) is 8.23. The molecule has 170 valence electrons. The standard InChI is InChI=1S/C18H37NO.C6H15NO/c1-2-3-4-5-6-7-8-9-10-11-12-13-14-15-16-17-18(19)20;1-6(2)8-5-3-4-7/h2-17H2,1H3,(H2,19,20);6H,3-5,7H2,1-2H3. The molecule has 0 aromatic rings. The maximum absolute atomic E-state index is 10.6. The van der Waals surface area contributed by atoms with E-state index in [1.54, 1.807) is 0 Å². The predicted octanol–water partition coefficient (Wildman–Crippen LogP) is 6.49. The van der Waals surface area contributed by atoms with Crippen LogP contribution in [0.15, 0.2) is 0 Å². The third-order valence-corrected chi connectivity index (χ3v) is 4.83. The first-order valence-corrected chi connectivity index (χ1v) is 12.1. The minimum absolute atomic E-state index is 0.153. The van der Waals surface area contributed by atoms with E-state index in [-0.39, 0.29) is 5.91 Å². The summed E-state index contributed by atoms with van der Waals surface area (Å²) in [5.74, 6) is -0.153. The molecule has 4 N–H and O–H groups in total. The Labute approximate surface area is 176 Å². The molecule has 0 aromatic carbocycles. The molecule has 0 aromatic heterocycles. The number of ether oxygens (including phenoxy) is 1. The van der Waals surface area contributed by atoms with E-state index in [9.17, 15) is 4.79 Å². The third-order valence-electron chi connectivity index (χ3n) is 4.83. The first-order valence-electron chi connectivity index (χ1n) is 12.1. The third kappa shape index (κ3) is 33.0. The second-order valence-electron chi connectivity index (χ2n) is 8.23. The van der Waals surface area contributed by atoms with Crippen LogP contribution in [0.25, 0.3) is 0 Å². The largest absolute Gasteiger partial charge is 0.379 e. The summed E-state index contributed by atoms with van der Waals surface area (Å²) >= 11 is 0. The Morgan fingerprint density at radius 1 is 0.714 bits per heavy atom. The van der Waals surface area contributed by atoms with Gasteiger partial charge in [0.1, 0.15) is 0 Å². The van der Waals surface area contributed by atoms with Gasteiger partial charge in [-0.15, -0.1) is 0 Å². The fourth-order valence-corrected chi connectivity index (χ4v) is 3.07. The monoisotopic (exact) mass is 400 g/mol. The van der Waals surface area contributed by atoms with Crippen molar-refractivity contribution in [2.75, 3.05) is 13.2 Å². The van der Waals surface area contributed by atoms with Crippen molar-refractivity contribution in [2.45, 2.75) is 136 Å². The van der Waals surface area contributed by atoms with E-state index in [1.807, 2.05) is 13.8 Å². The molecule has 0 aliphatic rings. The molecule has 0 saturated carbocycles. The predicted molar refractivity (Wildman–Crippen MR) is 123 cm³/mol. The highest BCUT2D eigenvalue weighted by atomic mass is 16.5. The first kappa shape index (κ1) is 29.6. The van der Waals surface area contributed by atoms with Crippen molar-refractivity contribution in [1.29, 1.82) is 0 Å². The summed E-state index contributed by atoms with van der Waals surface area (Å²) in [7, 11) is 0. The number of amides is 1. The van der Waals surface area contributed by atoms with Crippen LogP contribution < -0.4 is 11.5 Å². The minimum Gasteiger partial charge on any atom is -0.379 e. The molecule has 0 aliphatic carbocycles. The zero-order chi connectivity index (χ0) is 21.3. The van der Waals surface area contributed by atoms with Crippen molar-refractivity contribution < 1.29 is 9.53 Å². The normalized spacial score (nSPS) is 10.8. The van der Waals surface area contributed by atoms with Gasteiger partial charge in [0.15, 0.2) is 0 Å². The molecular weight excluding hydrogens is 348 g/mol. The molecule has 0 aliphatic heterocycles. The van der Waals surface area contributed by atoms with Crippen LogP contribution in [0.2, 0.25) is 0 Å². The van der Waals surface area contributed by atoms with Crippen molar-refractivity contribution in [3.63, 3.8) is 0 Å². The Balaban J connectivity index is 0. The molecule has 0 unspecified atom stereocenters. The van der Waals surface area contributed by atoms with Gasteiger partial charge >= 0.3 is 0 Å². The summed E-state index contributed by atoms with van der Waals surface area (Å²) < 4.78 is 5.20. The van der Waals surface area contributed by atoms with Crippen LogP contribution in [0.4, 0.5) is 0 Å². The smallest absolute Gasteiger partial charge is 0.217 e. The molecule has 0 atom stereocenters. The van der Waals surface area contributed by atoms with Gasteiger partial charge in [-0.05, 0) is 33.2 Å². The van der Waals surface area contributed by atoms with Crippen LogP contribution in [0.1, 0.15) is 130 Å². The van der Waals surface area contributed by atoms with Crippen LogP contribution in [-0.2, 0) is 9.53 Å². The topological polar surface area (TPSA) is 78.3 Å². The number of rotatable bonds is 20. The van der Waals surface area contributed by atoms with Crippen LogP contribution in [-0.4, -0.2) is 25.2 Å². The zero-order valence-corrected chi connectivity index (χ0v) is 19.5. The molecule has 0 rings (SSSR count). The van der Waals surface area contributed by atoms with Crippen LogP contribution in [0.3, 0.4) is 0 Å². The maximum Gasteiger partial charge on any atom is 0.217 e. The first-order chi connectivity index (χ1) is 13.5. The van der Waals surface area contributed by atoms with Crippen LogP contribution in [0, 0.1) is 0 Å². The summed E-state index contributed by atoms with van der Waals surface area (Å²) in [6.07, 6.45) is 22.2. The molecule has 0 fully saturated rings. The molecule has 4 nitrogen and oxygen atoms in total. The Bertz CT molecular complexity index is 296. The lowest BCUT2D eigenvalue weighted by molar-refractivity contribution is -0.118. The van der Waals surface area contributed by atoms with Crippen molar-refractivity contribution in [2.24, 2.45) is 11.5 Å². The summed E-state index contributed by atoms with van der Waals surface area (Å²) in [5, 5.41) is 0. The molecular formula is C24H52N2O2. The summed E-state index contributed by atoms with van der Waals surface area (Å²) in [6.45, 7) is 7.85. The highest BCUT2D eigenvalue weighted by molar-refractivity contribution is 5.73. The average Bonchev–Trinajstić information content (AvgIpc) is 2.65. The highest BCUT2D eigenvalue weighted by Gasteiger charge is 1.96. The molecule has 0 heterocycles. The number of nitrogens with two attached hydrogens (primary N) is 2. The Kier molecular flexibility index (Phi) is 27.9. The number of carbonyl (C=O) groups excluding carboxylic acids is 1. The number of carbonyl (C=O) groups is 1. The average molecular weight is 401 g/mol. The molecule has 4 heteroatoms. The van der Waals surface area contributed by atoms with Crippen molar-refractivity contribution >= 4 is 5.91 Å². The lowest BCUT2D eigenvalue weighted by Crippen LogP contribution is -2.09. The van der Waals surface area contributed by atoms with Gasteiger partial charge < -0.3 is 16.2 Å². The fraction of sp³-hybridized carbons (Fsp3) is 0.958.